The van der Waals surface area contributed by atoms with E-state index in [1.54, 1.807) is 0 Å². The molecule has 0 spiro atoms. The fourth-order valence-electron chi connectivity index (χ4n) is 2.70. The highest BCUT2D eigenvalue weighted by molar-refractivity contribution is 4.85. The van der Waals surface area contributed by atoms with Crippen molar-refractivity contribution < 1.29 is 5.11 Å². The molecule has 0 aromatic rings. The number of hydrogen-bond donors (Lipinski definition) is 2. The molecular weight excluding hydrogens is 212 g/mol. The van der Waals surface area contributed by atoms with E-state index in [2.05, 4.69) is 31.0 Å². The van der Waals surface area contributed by atoms with Crippen LogP contribution in [0.2, 0.25) is 0 Å². The lowest BCUT2D eigenvalue weighted by Gasteiger charge is -2.39. The van der Waals surface area contributed by atoms with E-state index < -0.39 is 5.60 Å². The lowest BCUT2D eigenvalue weighted by atomic mass is 9.94. The predicted octanol–water partition coefficient (Wildman–Crippen LogP) is 2.00. The van der Waals surface area contributed by atoms with E-state index in [-0.39, 0.29) is 0 Å². The number of piperidine rings is 1. The monoisotopic (exact) mass is 242 g/mol. The van der Waals surface area contributed by atoms with Crippen LogP contribution < -0.4 is 5.32 Å². The lowest BCUT2D eigenvalue weighted by molar-refractivity contribution is -0.0188. The van der Waals surface area contributed by atoms with Gasteiger partial charge in [0, 0.05) is 12.6 Å². The molecule has 1 aliphatic heterocycles. The van der Waals surface area contributed by atoms with Crippen LogP contribution in [-0.2, 0) is 0 Å². The molecule has 1 saturated heterocycles. The molecule has 0 aromatic heterocycles. The fourth-order valence-corrected chi connectivity index (χ4v) is 2.70. The first kappa shape index (κ1) is 14.9. The van der Waals surface area contributed by atoms with Crippen LogP contribution >= 0.6 is 0 Å². The predicted molar refractivity (Wildman–Crippen MR) is 73.3 cm³/mol. The van der Waals surface area contributed by atoms with Gasteiger partial charge in [-0.2, -0.15) is 0 Å². The minimum Gasteiger partial charge on any atom is -0.389 e. The molecule has 1 heterocycles. The smallest absolute Gasteiger partial charge is 0.0769 e. The highest BCUT2D eigenvalue weighted by atomic mass is 16.3. The Labute approximate surface area is 107 Å². The van der Waals surface area contributed by atoms with Crippen LogP contribution in [-0.4, -0.2) is 47.8 Å². The third-order valence-electron chi connectivity index (χ3n) is 4.15. The summed E-state index contributed by atoms with van der Waals surface area (Å²) in [4.78, 5) is 2.52. The summed E-state index contributed by atoms with van der Waals surface area (Å²) in [6, 6.07) is 0.667. The van der Waals surface area contributed by atoms with E-state index in [0.717, 1.165) is 39.0 Å². The van der Waals surface area contributed by atoms with Crippen LogP contribution in [0.1, 0.15) is 52.9 Å². The summed E-state index contributed by atoms with van der Waals surface area (Å²) < 4.78 is 0. The molecule has 1 fully saturated rings. The highest BCUT2D eigenvalue weighted by Gasteiger charge is 2.29. The maximum Gasteiger partial charge on any atom is 0.0769 e. The van der Waals surface area contributed by atoms with Crippen LogP contribution in [0, 0.1) is 0 Å². The molecule has 17 heavy (non-hydrogen) atoms. The second kappa shape index (κ2) is 7.34. The van der Waals surface area contributed by atoms with E-state index in [1.165, 1.54) is 19.3 Å². The van der Waals surface area contributed by atoms with Gasteiger partial charge in [-0.15, -0.1) is 0 Å². The van der Waals surface area contributed by atoms with E-state index in [4.69, 9.17) is 0 Å². The minimum atomic E-state index is -0.486. The largest absolute Gasteiger partial charge is 0.389 e. The molecule has 1 rings (SSSR count). The Morgan fingerprint density at radius 3 is 2.24 bits per heavy atom. The fraction of sp³-hybridized carbons (Fsp3) is 1.00. The van der Waals surface area contributed by atoms with Crippen LogP contribution in [0.3, 0.4) is 0 Å². The van der Waals surface area contributed by atoms with Gasteiger partial charge in [0.25, 0.3) is 0 Å². The number of hydrogen-bond acceptors (Lipinski definition) is 3. The molecular formula is C14H30N2O. The minimum absolute atomic E-state index is 0.486. The second-order valence-electron chi connectivity index (χ2n) is 5.38. The first-order chi connectivity index (χ1) is 8.15. The van der Waals surface area contributed by atoms with Crippen LogP contribution in [0.4, 0.5) is 0 Å². The number of rotatable bonds is 7. The molecule has 0 saturated carbocycles. The Morgan fingerprint density at radius 1 is 1.18 bits per heavy atom. The third-order valence-corrected chi connectivity index (χ3v) is 4.15. The molecule has 0 radical (unpaired) electrons. The highest BCUT2D eigenvalue weighted by Crippen LogP contribution is 2.21. The molecule has 2 N–H and O–H groups in total. The van der Waals surface area contributed by atoms with Gasteiger partial charge in [0.15, 0.2) is 0 Å². The van der Waals surface area contributed by atoms with Gasteiger partial charge >= 0.3 is 0 Å². The molecule has 0 aromatic carbocycles. The summed E-state index contributed by atoms with van der Waals surface area (Å²) in [6.45, 7) is 10.6. The molecule has 3 heteroatoms. The van der Waals surface area contributed by atoms with E-state index in [0.29, 0.717) is 6.04 Å². The van der Waals surface area contributed by atoms with Crippen molar-refractivity contribution in [3.05, 3.63) is 0 Å². The van der Waals surface area contributed by atoms with E-state index in [9.17, 15) is 5.11 Å². The van der Waals surface area contributed by atoms with Gasteiger partial charge in [-0.3, -0.25) is 4.90 Å². The van der Waals surface area contributed by atoms with Gasteiger partial charge in [-0.05, 0) is 51.7 Å². The lowest BCUT2D eigenvalue weighted by Crippen LogP contribution is -2.50. The molecule has 0 amide bonds. The number of nitrogens with one attached hydrogen (secondary N) is 1. The summed E-state index contributed by atoms with van der Waals surface area (Å²) >= 11 is 0. The first-order valence-electron chi connectivity index (χ1n) is 7.32. The number of aliphatic hydroxyl groups is 1. The van der Waals surface area contributed by atoms with Crippen molar-refractivity contribution >= 4 is 0 Å². The van der Waals surface area contributed by atoms with Gasteiger partial charge in [-0.1, -0.05) is 20.8 Å². The normalized spacial score (nSPS) is 18.9. The summed E-state index contributed by atoms with van der Waals surface area (Å²) in [6.07, 6.45) is 5.34. The molecule has 1 aliphatic rings. The molecule has 0 atom stereocenters. The Hall–Kier alpha value is -0.120. The molecule has 3 nitrogen and oxygen atoms in total. The second-order valence-corrected chi connectivity index (χ2v) is 5.38. The van der Waals surface area contributed by atoms with Gasteiger partial charge in [-0.25, -0.2) is 0 Å². The summed E-state index contributed by atoms with van der Waals surface area (Å²) in [7, 11) is 0. The topological polar surface area (TPSA) is 35.5 Å². The van der Waals surface area contributed by atoms with Crippen molar-refractivity contribution in [1.82, 2.24) is 10.2 Å². The Bertz CT molecular complexity index is 198. The zero-order chi connectivity index (χ0) is 12.7. The molecule has 0 unspecified atom stereocenters. The average Bonchev–Trinajstić information content (AvgIpc) is 2.39. The van der Waals surface area contributed by atoms with Crippen molar-refractivity contribution in [1.29, 1.82) is 0 Å². The van der Waals surface area contributed by atoms with Crippen LogP contribution in [0.25, 0.3) is 0 Å². The quantitative estimate of drug-likeness (QED) is 0.717. The summed E-state index contributed by atoms with van der Waals surface area (Å²) in [5.74, 6) is 0. The average molecular weight is 242 g/mol. The third kappa shape index (κ3) is 4.57. The number of nitrogens with zero attached hydrogens (tertiary/aromatic N) is 1. The Balaban J connectivity index is 2.57. The van der Waals surface area contributed by atoms with Gasteiger partial charge in [0.2, 0.25) is 0 Å². The molecule has 102 valence electrons. The van der Waals surface area contributed by atoms with Crippen LogP contribution in [0.15, 0.2) is 0 Å². The maximum absolute atomic E-state index is 10.5. The Morgan fingerprint density at radius 2 is 1.76 bits per heavy atom. The van der Waals surface area contributed by atoms with Gasteiger partial charge in [0.05, 0.1) is 5.60 Å². The zero-order valence-electron chi connectivity index (χ0n) is 11.8. The molecule has 0 aliphatic carbocycles. The Kier molecular flexibility index (Phi) is 6.45. The summed E-state index contributed by atoms with van der Waals surface area (Å²) in [5.41, 5.74) is -0.486. The molecule has 0 bridgehead atoms. The van der Waals surface area contributed by atoms with Crippen molar-refractivity contribution in [2.45, 2.75) is 64.5 Å². The first-order valence-corrected chi connectivity index (χ1v) is 7.32. The van der Waals surface area contributed by atoms with Crippen LogP contribution in [0.5, 0.6) is 0 Å². The maximum atomic E-state index is 10.5. The summed E-state index contributed by atoms with van der Waals surface area (Å²) in [5, 5.41) is 13.9. The van der Waals surface area contributed by atoms with Gasteiger partial charge < -0.3 is 10.4 Å². The van der Waals surface area contributed by atoms with Crippen molar-refractivity contribution in [2.24, 2.45) is 0 Å². The van der Waals surface area contributed by atoms with Gasteiger partial charge in [0.1, 0.15) is 0 Å². The van der Waals surface area contributed by atoms with Crippen molar-refractivity contribution in [3.8, 4) is 0 Å². The van der Waals surface area contributed by atoms with E-state index >= 15 is 0 Å². The van der Waals surface area contributed by atoms with Crippen molar-refractivity contribution in [2.75, 3.05) is 26.2 Å². The SMILES string of the molecule is CCCN(CC(O)(CC)CC)C1CCNCC1. The van der Waals surface area contributed by atoms with Crippen molar-refractivity contribution in [3.63, 3.8) is 0 Å². The zero-order valence-corrected chi connectivity index (χ0v) is 11.8. The standard InChI is InChI=1S/C14H30N2O/c1-4-11-16(12-14(17,5-2)6-3)13-7-9-15-10-8-13/h13,15,17H,4-12H2,1-3H3. The van der Waals surface area contributed by atoms with E-state index in [1.807, 2.05) is 0 Å².